The standard InChI is InChI=1S/C33H57NO/c1-7-31(35)34-21-9-12-25-17-19-32(5)26(22-25)13-14-27-29-16-15-28(24(4)11-8-10-23(2)3)33(29,6)20-18-30(27)32/h7,23-30H,1,8-22H2,2-6H3,(H,34,35)/t24-,25+,26+,27+,28-,29+,30+,32+,33-/m1/s1. The highest BCUT2D eigenvalue weighted by atomic mass is 16.1. The van der Waals surface area contributed by atoms with Gasteiger partial charge in [-0.15, -0.1) is 0 Å². The topological polar surface area (TPSA) is 29.1 Å². The number of amides is 1. The highest BCUT2D eigenvalue weighted by Crippen LogP contribution is 2.68. The van der Waals surface area contributed by atoms with E-state index >= 15 is 0 Å². The normalized spacial score (nSPS) is 41.5. The van der Waals surface area contributed by atoms with E-state index in [9.17, 15) is 4.79 Å². The fourth-order valence-corrected chi connectivity index (χ4v) is 10.3. The van der Waals surface area contributed by atoms with Gasteiger partial charge in [-0.05, 0) is 135 Å². The highest BCUT2D eigenvalue weighted by molar-refractivity contribution is 5.86. The summed E-state index contributed by atoms with van der Waals surface area (Å²) in [4.78, 5) is 11.4. The number of hydrogen-bond donors (Lipinski definition) is 1. The van der Waals surface area contributed by atoms with Crippen LogP contribution in [0.5, 0.6) is 0 Å². The molecule has 0 aliphatic heterocycles. The minimum absolute atomic E-state index is 0.0251. The molecule has 0 aromatic carbocycles. The summed E-state index contributed by atoms with van der Waals surface area (Å²) in [5, 5.41) is 2.97. The van der Waals surface area contributed by atoms with E-state index in [-0.39, 0.29) is 5.91 Å². The largest absolute Gasteiger partial charge is 0.353 e. The molecule has 200 valence electrons. The molecular formula is C33H57NO. The van der Waals surface area contributed by atoms with E-state index in [4.69, 9.17) is 0 Å². The Labute approximate surface area is 217 Å². The minimum Gasteiger partial charge on any atom is -0.353 e. The lowest BCUT2D eigenvalue weighted by Crippen LogP contribution is -2.53. The smallest absolute Gasteiger partial charge is 0.243 e. The minimum atomic E-state index is -0.0251. The third kappa shape index (κ3) is 5.57. The van der Waals surface area contributed by atoms with Gasteiger partial charge >= 0.3 is 0 Å². The lowest BCUT2D eigenvalue weighted by atomic mass is 9.44. The van der Waals surface area contributed by atoms with Crippen LogP contribution in [0.4, 0.5) is 0 Å². The highest BCUT2D eigenvalue weighted by Gasteiger charge is 2.60. The zero-order chi connectivity index (χ0) is 25.2. The SMILES string of the molecule is C=CC(=O)NCCC[C@H]1CC[C@@]2(C)[C@@H](CC[C@@H]3[C@@H]2CC[C@]2(C)[C@@H]([C@H](C)CCCC(C)C)CC[C@@H]32)C1. The molecule has 4 saturated carbocycles. The lowest BCUT2D eigenvalue weighted by molar-refractivity contribution is -0.121. The monoisotopic (exact) mass is 483 g/mol. The van der Waals surface area contributed by atoms with E-state index < -0.39 is 0 Å². The van der Waals surface area contributed by atoms with Crippen molar-refractivity contribution in [3.8, 4) is 0 Å². The molecule has 0 spiro atoms. The molecule has 0 aromatic heterocycles. The van der Waals surface area contributed by atoms with Gasteiger partial charge in [0.1, 0.15) is 0 Å². The van der Waals surface area contributed by atoms with Gasteiger partial charge in [-0.3, -0.25) is 4.79 Å². The fourth-order valence-electron chi connectivity index (χ4n) is 10.3. The maximum Gasteiger partial charge on any atom is 0.243 e. The summed E-state index contributed by atoms with van der Waals surface area (Å²) in [5.41, 5.74) is 1.22. The van der Waals surface area contributed by atoms with Crippen LogP contribution in [0, 0.1) is 58.2 Å². The predicted octanol–water partition coefficient (Wildman–Crippen LogP) is 8.81. The number of rotatable bonds is 10. The van der Waals surface area contributed by atoms with Gasteiger partial charge in [0.05, 0.1) is 0 Å². The van der Waals surface area contributed by atoms with Gasteiger partial charge in [-0.1, -0.05) is 60.5 Å². The van der Waals surface area contributed by atoms with Crippen LogP contribution in [0.25, 0.3) is 0 Å². The van der Waals surface area contributed by atoms with Gasteiger partial charge in [0.2, 0.25) is 5.91 Å². The first kappa shape index (κ1) is 27.3. The Kier molecular flexibility index (Phi) is 8.80. The molecule has 2 nitrogen and oxygen atoms in total. The Hall–Kier alpha value is -0.790. The summed E-state index contributed by atoms with van der Waals surface area (Å²) in [6.07, 6.45) is 21.5. The summed E-state index contributed by atoms with van der Waals surface area (Å²) in [5.74, 6) is 7.54. The zero-order valence-corrected chi connectivity index (χ0v) is 23.9. The third-order valence-electron chi connectivity index (χ3n) is 12.2. The van der Waals surface area contributed by atoms with E-state index in [1.165, 1.54) is 89.5 Å². The van der Waals surface area contributed by atoms with Crippen molar-refractivity contribution in [3.05, 3.63) is 12.7 Å². The molecule has 2 heteroatoms. The summed E-state index contributed by atoms with van der Waals surface area (Å²) in [6.45, 7) is 17.2. The van der Waals surface area contributed by atoms with Gasteiger partial charge in [-0.2, -0.15) is 0 Å². The van der Waals surface area contributed by atoms with E-state index in [0.717, 1.165) is 60.3 Å². The van der Waals surface area contributed by atoms with E-state index in [0.29, 0.717) is 10.8 Å². The van der Waals surface area contributed by atoms with Gasteiger partial charge in [0.15, 0.2) is 0 Å². The number of fused-ring (bicyclic) bond motifs is 5. The van der Waals surface area contributed by atoms with Gasteiger partial charge < -0.3 is 5.32 Å². The Morgan fingerprint density at radius 2 is 1.69 bits per heavy atom. The van der Waals surface area contributed by atoms with Crippen molar-refractivity contribution < 1.29 is 4.79 Å². The number of carbonyl (C=O) groups is 1. The van der Waals surface area contributed by atoms with Crippen LogP contribution in [0.2, 0.25) is 0 Å². The van der Waals surface area contributed by atoms with Crippen LogP contribution in [0.15, 0.2) is 12.7 Å². The molecule has 4 rings (SSSR count). The molecule has 0 heterocycles. The quantitative estimate of drug-likeness (QED) is 0.244. The predicted molar refractivity (Wildman–Crippen MR) is 149 cm³/mol. The van der Waals surface area contributed by atoms with Crippen LogP contribution in [0.3, 0.4) is 0 Å². The summed E-state index contributed by atoms with van der Waals surface area (Å²) >= 11 is 0. The van der Waals surface area contributed by atoms with Gasteiger partial charge in [-0.25, -0.2) is 0 Å². The number of hydrogen-bond acceptors (Lipinski definition) is 1. The molecule has 0 bridgehead atoms. The van der Waals surface area contributed by atoms with E-state index in [1.807, 2.05) is 0 Å². The molecule has 0 unspecified atom stereocenters. The second-order valence-corrected chi connectivity index (χ2v) is 14.5. The number of carbonyl (C=O) groups excluding carboxylic acids is 1. The van der Waals surface area contributed by atoms with Crippen molar-refractivity contribution in [2.24, 2.45) is 58.2 Å². The van der Waals surface area contributed by atoms with Crippen LogP contribution in [-0.2, 0) is 4.79 Å². The maximum atomic E-state index is 11.4. The maximum absolute atomic E-state index is 11.4. The molecule has 4 aliphatic rings. The Morgan fingerprint density at radius 1 is 0.943 bits per heavy atom. The van der Waals surface area contributed by atoms with Crippen molar-refractivity contribution in [3.63, 3.8) is 0 Å². The average molecular weight is 484 g/mol. The second-order valence-electron chi connectivity index (χ2n) is 14.5. The van der Waals surface area contributed by atoms with Crippen molar-refractivity contribution in [1.82, 2.24) is 5.32 Å². The van der Waals surface area contributed by atoms with Gasteiger partial charge in [0.25, 0.3) is 0 Å². The van der Waals surface area contributed by atoms with Crippen molar-refractivity contribution in [1.29, 1.82) is 0 Å². The van der Waals surface area contributed by atoms with Crippen molar-refractivity contribution >= 4 is 5.91 Å². The van der Waals surface area contributed by atoms with Crippen LogP contribution in [-0.4, -0.2) is 12.5 Å². The van der Waals surface area contributed by atoms with Crippen molar-refractivity contribution in [2.75, 3.05) is 6.54 Å². The first-order valence-electron chi connectivity index (χ1n) is 15.6. The molecule has 9 atom stereocenters. The molecule has 0 radical (unpaired) electrons. The Morgan fingerprint density at radius 3 is 2.43 bits per heavy atom. The summed E-state index contributed by atoms with van der Waals surface area (Å²) < 4.78 is 0. The molecule has 1 amide bonds. The molecule has 1 N–H and O–H groups in total. The molecule has 4 fully saturated rings. The fraction of sp³-hybridized carbons (Fsp3) is 0.909. The van der Waals surface area contributed by atoms with Gasteiger partial charge in [0, 0.05) is 6.54 Å². The second kappa shape index (κ2) is 11.3. The lowest BCUT2D eigenvalue weighted by Gasteiger charge is -2.61. The number of nitrogens with one attached hydrogen (secondary N) is 1. The molecule has 0 saturated heterocycles. The average Bonchev–Trinajstić information content (AvgIpc) is 3.18. The Balaban J connectivity index is 1.33. The molecular weight excluding hydrogens is 426 g/mol. The summed E-state index contributed by atoms with van der Waals surface area (Å²) in [6, 6.07) is 0. The van der Waals surface area contributed by atoms with E-state index in [2.05, 4.69) is 46.5 Å². The van der Waals surface area contributed by atoms with Crippen molar-refractivity contribution in [2.45, 2.75) is 125 Å². The Bertz CT molecular complexity index is 729. The molecule has 35 heavy (non-hydrogen) atoms. The third-order valence-corrected chi connectivity index (χ3v) is 12.2. The van der Waals surface area contributed by atoms with Crippen LogP contribution >= 0.6 is 0 Å². The first-order chi connectivity index (χ1) is 16.7. The summed E-state index contributed by atoms with van der Waals surface area (Å²) in [7, 11) is 0. The van der Waals surface area contributed by atoms with Crippen LogP contribution < -0.4 is 5.32 Å². The molecule has 4 aliphatic carbocycles. The van der Waals surface area contributed by atoms with E-state index in [1.54, 1.807) is 0 Å². The first-order valence-corrected chi connectivity index (χ1v) is 15.6. The van der Waals surface area contributed by atoms with Crippen LogP contribution in [0.1, 0.15) is 125 Å². The molecule has 0 aromatic rings. The zero-order valence-electron chi connectivity index (χ0n) is 23.9.